The molecular weight excluding hydrogens is 455 g/mol. The van der Waals surface area contributed by atoms with Crippen LogP contribution in [0.2, 0.25) is 0 Å². The Labute approximate surface area is 194 Å². The molecule has 0 unspecified atom stereocenters. The molecule has 0 amide bonds. The number of nitrogens with one attached hydrogen (secondary N) is 1. The van der Waals surface area contributed by atoms with Gasteiger partial charge in [-0.05, 0) is 52.4 Å². The summed E-state index contributed by atoms with van der Waals surface area (Å²) in [6.45, 7) is 4.41. The Morgan fingerprint density at radius 1 is 1.21 bits per heavy atom. The Balaban J connectivity index is 1.65. The number of benzene rings is 2. The van der Waals surface area contributed by atoms with Gasteiger partial charge in [-0.3, -0.25) is 0 Å². The summed E-state index contributed by atoms with van der Waals surface area (Å²) in [6.07, 6.45) is -2.80. The quantitative estimate of drug-likeness (QED) is 0.447. The van der Waals surface area contributed by atoms with Crippen LogP contribution in [-0.4, -0.2) is 41.1 Å². The molecule has 0 aliphatic carbocycles. The number of hydrogen-bond donors (Lipinski definition) is 1. The summed E-state index contributed by atoms with van der Waals surface area (Å²) in [5.74, 6) is -1.32. The Bertz CT molecular complexity index is 1200. The van der Waals surface area contributed by atoms with Crippen molar-refractivity contribution in [3.8, 4) is 5.75 Å². The van der Waals surface area contributed by atoms with E-state index < -0.39 is 29.4 Å². The van der Waals surface area contributed by atoms with Crippen LogP contribution in [0.15, 0.2) is 30.3 Å². The van der Waals surface area contributed by atoms with Crippen LogP contribution in [0.3, 0.4) is 0 Å². The van der Waals surface area contributed by atoms with E-state index >= 15 is 0 Å². The van der Waals surface area contributed by atoms with Gasteiger partial charge in [0.2, 0.25) is 0 Å². The van der Waals surface area contributed by atoms with Crippen LogP contribution >= 0.6 is 0 Å². The SMILES string of the molecule is Cc1nc(N[C@H](C)c2cccc(C(F)(F)F)c2F)c2cc(OC[C@@H]3CCCN3C)c(F)cc2n1. The molecule has 182 valence electrons. The molecule has 0 radical (unpaired) electrons. The summed E-state index contributed by atoms with van der Waals surface area (Å²) in [5.41, 5.74) is -1.20. The van der Waals surface area contributed by atoms with Crippen LogP contribution in [0.1, 0.15) is 42.8 Å². The highest BCUT2D eigenvalue weighted by atomic mass is 19.4. The van der Waals surface area contributed by atoms with Crippen molar-refractivity contribution in [2.45, 2.75) is 44.9 Å². The normalized spacial score (nSPS) is 17.8. The van der Waals surface area contributed by atoms with Crippen molar-refractivity contribution in [2.24, 2.45) is 0 Å². The molecule has 2 atom stereocenters. The van der Waals surface area contributed by atoms with Gasteiger partial charge in [-0.2, -0.15) is 13.2 Å². The zero-order chi connectivity index (χ0) is 24.6. The zero-order valence-corrected chi connectivity index (χ0v) is 19.0. The number of ether oxygens (including phenoxy) is 1. The average molecular weight is 480 g/mol. The predicted octanol–water partition coefficient (Wildman–Crippen LogP) is 5.88. The third-order valence-electron chi connectivity index (χ3n) is 6.12. The van der Waals surface area contributed by atoms with Crippen molar-refractivity contribution < 1.29 is 26.7 Å². The Morgan fingerprint density at radius 3 is 2.65 bits per heavy atom. The largest absolute Gasteiger partial charge is 0.489 e. The summed E-state index contributed by atoms with van der Waals surface area (Å²) >= 11 is 0. The number of likely N-dealkylation sites (tertiary alicyclic amines) is 1. The topological polar surface area (TPSA) is 50.3 Å². The van der Waals surface area contributed by atoms with E-state index in [2.05, 4.69) is 20.2 Å². The number of halogens is 5. The maximum absolute atomic E-state index is 14.7. The minimum absolute atomic E-state index is 0.0289. The number of rotatable bonds is 6. The highest BCUT2D eigenvalue weighted by molar-refractivity contribution is 5.90. The summed E-state index contributed by atoms with van der Waals surface area (Å²) in [7, 11) is 1.99. The van der Waals surface area contributed by atoms with E-state index in [1.165, 1.54) is 25.1 Å². The molecule has 1 saturated heterocycles. The first-order valence-electron chi connectivity index (χ1n) is 11.0. The summed E-state index contributed by atoms with van der Waals surface area (Å²) in [5, 5.41) is 3.39. The van der Waals surface area contributed by atoms with Crippen LogP contribution in [0, 0.1) is 18.6 Å². The average Bonchev–Trinajstić information content (AvgIpc) is 3.16. The molecule has 3 aromatic rings. The van der Waals surface area contributed by atoms with Crippen LogP contribution in [-0.2, 0) is 6.18 Å². The van der Waals surface area contributed by atoms with Gasteiger partial charge < -0.3 is 15.0 Å². The number of aryl methyl sites for hydroxylation is 1. The number of hydrogen-bond acceptors (Lipinski definition) is 5. The molecule has 1 aromatic heterocycles. The minimum Gasteiger partial charge on any atom is -0.489 e. The fourth-order valence-electron chi connectivity index (χ4n) is 4.23. The van der Waals surface area contributed by atoms with Gasteiger partial charge in [-0.1, -0.05) is 12.1 Å². The van der Waals surface area contributed by atoms with Crippen LogP contribution in [0.4, 0.5) is 27.8 Å². The van der Waals surface area contributed by atoms with E-state index in [0.29, 0.717) is 29.4 Å². The van der Waals surface area contributed by atoms with Gasteiger partial charge in [0, 0.05) is 23.1 Å². The maximum atomic E-state index is 14.7. The molecule has 2 aromatic carbocycles. The van der Waals surface area contributed by atoms with E-state index in [1.54, 1.807) is 6.92 Å². The first-order chi connectivity index (χ1) is 16.0. The fourth-order valence-corrected chi connectivity index (χ4v) is 4.23. The Hall–Kier alpha value is -3.01. The number of anilines is 1. The lowest BCUT2D eigenvalue weighted by molar-refractivity contribution is -0.140. The minimum atomic E-state index is -4.81. The number of fused-ring (bicyclic) bond motifs is 1. The van der Waals surface area contributed by atoms with Crippen molar-refractivity contribution in [3.63, 3.8) is 0 Å². The molecule has 10 heteroatoms. The molecule has 1 aliphatic heterocycles. The highest BCUT2D eigenvalue weighted by Crippen LogP contribution is 2.35. The molecule has 5 nitrogen and oxygen atoms in total. The van der Waals surface area contributed by atoms with Crippen molar-refractivity contribution in [3.05, 3.63) is 58.9 Å². The monoisotopic (exact) mass is 480 g/mol. The van der Waals surface area contributed by atoms with Gasteiger partial charge in [0.05, 0.1) is 17.1 Å². The van der Waals surface area contributed by atoms with Crippen molar-refractivity contribution in [1.82, 2.24) is 14.9 Å². The van der Waals surface area contributed by atoms with E-state index in [1.807, 2.05) is 7.05 Å². The standard InChI is InChI=1S/C24H25F5N4O/c1-13(16-7-4-8-18(22(16)26)24(27,28)29)30-23-17-10-21(34-12-15-6-5-9-33(15)3)19(25)11-20(17)31-14(2)32-23/h4,7-8,10-11,13,15H,5-6,9,12H2,1-3H3,(H,30,31,32)/t13-,15+/m1/s1. The summed E-state index contributed by atoms with van der Waals surface area (Å²) < 4.78 is 74.5. The van der Waals surface area contributed by atoms with E-state index in [0.717, 1.165) is 25.5 Å². The molecular formula is C24H25F5N4O. The first kappa shape index (κ1) is 24.1. The molecule has 34 heavy (non-hydrogen) atoms. The molecule has 0 bridgehead atoms. The fraction of sp³-hybridized carbons (Fsp3) is 0.417. The van der Waals surface area contributed by atoms with Gasteiger partial charge in [0.15, 0.2) is 11.6 Å². The second-order valence-electron chi connectivity index (χ2n) is 8.58. The second-order valence-corrected chi connectivity index (χ2v) is 8.58. The third kappa shape index (κ3) is 4.91. The van der Waals surface area contributed by atoms with E-state index in [9.17, 15) is 22.0 Å². The summed E-state index contributed by atoms with van der Waals surface area (Å²) in [4.78, 5) is 10.7. The van der Waals surface area contributed by atoms with Crippen molar-refractivity contribution in [2.75, 3.05) is 25.5 Å². The molecule has 0 spiro atoms. The van der Waals surface area contributed by atoms with Crippen molar-refractivity contribution >= 4 is 16.7 Å². The Kier molecular flexibility index (Phi) is 6.62. The second kappa shape index (κ2) is 9.32. The lowest BCUT2D eigenvalue weighted by atomic mass is 10.0. The van der Waals surface area contributed by atoms with Crippen LogP contribution in [0.25, 0.3) is 10.9 Å². The van der Waals surface area contributed by atoms with Gasteiger partial charge in [0.1, 0.15) is 24.1 Å². The number of nitrogens with zero attached hydrogens (tertiary/aromatic N) is 3. The molecule has 1 N–H and O–H groups in total. The summed E-state index contributed by atoms with van der Waals surface area (Å²) in [6, 6.07) is 5.17. The van der Waals surface area contributed by atoms with Gasteiger partial charge in [0.25, 0.3) is 0 Å². The van der Waals surface area contributed by atoms with Gasteiger partial charge >= 0.3 is 6.18 Å². The van der Waals surface area contributed by atoms with Gasteiger partial charge in [-0.15, -0.1) is 0 Å². The molecule has 0 saturated carbocycles. The Morgan fingerprint density at radius 2 is 1.97 bits per heavy atom. The molecule has 1 aliphatic rings. The predicted molar refractivity (Wildman–Crippen MR) is 119 cm³/mol. The number of aromatic nitrogens is 2. The number of alkyl halides is 3. The first-order valence-corrected chi connectivity index (χ1v) is 11.0. The highest BCUT2D eigenvalue weighted by Gasteiger charge is 2.35. The van der Waals surface area contributed by atoms with E-state index in [-0.39, 0.29) is 23.2 Å². The molecule has 2 heterocycles. The van der Waals surface area contributed by atoms with Gasteiger partial charge in [-0.25, -0.2) is 18.7 Å². The smallest absolute Gasteiger partial charge is 0.419 e. The van der Waals surface area contributed by atoms with Crippen molar-refractivity contribution in [1.29, 1.82) is 0 Å². The van der Waals surface area contributed by atoms with E-state index in [4.69, 9.17) is 4.74 Å². The molecule has 4 rings (SSSR count). The van der Waals surface area contributed by atoms with Crippen LogP contribution in [0.5, 0.6) is 5.75 Å². The maximum Gasteiger partial charge on any atom is 0.419 e. The van der Waals surface area contributed by atoms with Crippen LogP contribution < -0.4 is 10.1 Å². The zero-order valence-electron chi connectivity index (χ0n) is 19.0. The molecule has 1 fully saturated rings. The third-order valence-corrected chi connectivity index (χ3v) is 6.12. The lowest BCUT2D eigenvalue weighted by Crippen LogP contribution is -2.30. The number of likely N-dealkylation sites (N-methyl/N-ethyl adjacent to an activating group) is 1. The lowest BCUT2D eigenvalue weighted by Gasteiger charge is -2.21.